The van der Waals surface area contributed by atoms with Crippen molar-refractivity contribution in [3.63, 3.8) is 0 Å². The van der Waals surface area contributed by atoms with Gasteiger partial charge >= 0.3 is 0 Å². The predicted octanol–water partition coefficient (Wildman–Crippen LogP) is 1.04. The molecule has 1 unspecified atom stereocenters. The first-order valence-corrected chi connectivity index (χ1v) is 4.45. The molecule has 0 amide bonds. The molecular weight excluding hydrogens is 202 g/mol. The van der Waals surface area contributed by atoms with Gasteiger partial charge in [-0.25, -0.2) is 0 Å². The molecule has 1 aliphatic rings. The molecule has 1 heterocycles. The summed E-state index contributed by atoms with van der Waals surface area (Å²) < 4.78 is 5.35. The number of halogens is 1. The smallest absolute Gasteiger partial charge is 0.122 e. The van der Waals surface area contributed by atoms with Gasteiger partial charge in [0.05, 0.1) is 12.7 Å². The van der Waals surface area contributed by atoms with Gasteiger partial charge in [0.2, 0.25) is 0 Å². The molecule has 0 spiro atoms. The summed E-state index contributed by atoms with van der Waals surface area (Å²) in [5.41, 5.74) is 7.42. The fourth-order valence-electron chi connectivity index (χ4n) is 1.55. The molecule has 4 heteroatoms. The molecule has 1 aromatic carbocycles. The van der Waals surface area contributed by atoms with E-state index in [1.165, 1.54) is 5.56 Å². The molecule has 2 rings (SSSR count). The molecule has 0 radical (unpaired) electrons. The van der Waals surface area contributed by atoms with E-state index in [9.17, 15) is 5.11 Å². The Labute approximate surface area is 89.3 Å². The number of aliphatic hydroxyl groups excluding tert-OH is 1. The topological polar surface area (TPSA) is 55.5 Å². The van der Waals surface area contributed by atoms with Crippen molar-refractivity contribution in [1.29, 1.82) is 0 Å². The highest BCUT2D eigenvalue weighted by atomic mass is 35.5. The molecule has 0 fully saturated rings. The number of benzene rings is 1. The summed E-state index contributed by atoms with van der Waals surface area (Å²) in [7, 11) is 0. The van der Waals surface area contributed by atoms with Crippen LogP contribution in [0.15, 0.2) is 18.2 Å². The summed E-state index contributed by atoms with van der Waals surface area (Å²) >= 11 is 0. The van der Waals surface area contributed by atoms with Gasteiger partial charge in [0, 0.05) is 13.0 Å². The molecule has 1 aliphatic heterocycles. The predicted molar refractivity (Wildman–Crippen MR) is 56.9 cm³/mol. The molecular formula is C10H14ClNO2. The Kier molecular flexibility index (Phi) is 3.75. The van der Waals surface area contributed by atoms with E-state index in [2.05, 4.69) is 0 Å². The van der Waals surface area contributed by atoms with Crippen LogP contribution in [0.4, 0.5) is 0 Å². The molecule has 78 valence electrons. The van der Waals surface area contributed by atoms with Gasteiger partial charge in [0.25, 0.3) is 0 Å². The number of ether oxygens (including phenoxy) is 1. The minimum Gasteiger partial charge on any atom is -0.493 e. The summed E-state index contributed by atoms with van der Waals surface area (Å²) in [6.07, 6.45) is 0.381. The lowest BCUT2D eigenvalue weighted by molar-refractivity contribution is 0.186. The molecule has 0 saturated heterocycles. The molecule has 0 aromatic heterocycles. The van der Waals surface area contributed by atoms with Gasteiger partial charge in [-0.05, 0) is 23.3 Å². The van der Waals surface area contributed by atoms with Crippen molar-refractivity contribution in [3.8, 4) is 5.75 Å². The van der Waals surface area contributed by atoms with Gasteiger partial charge in [-0.1, -0.05) is 6.07 Å². The van der Waals surface area contributed by atoms with Crippen LogP contribution < -0.4 is 10.5 Å². The van der Waals surface area contributed by atoms with Crippen LogP contribution in [0.3, 0.4) is 0 Å². The maximum atomic E-state index is 9.49. The number of nitrogens with two attached hydrogens (primary N) is 1. The fourth-order valence-corrected chi connectivity index (χ4v) is 1.55. The van der Waals surface area contributed by atoms with Crippen molar-refractivity contribution in [1.82, 2.24) is 0 Å². The molecule has 0 aliphatic carbocycles. The average molecular weight is 216 g/mol. The van der Waals surface area contributed by atoms with Crippen molar-refractivity contribution in [3.05, 3.63) is 29.3 Å². The first-order valence-electron chi connectivity index (χ1n) is 4.45. The van der Waals surface area contributed by atoms with Crippen LogP contribution in [0, 0.1) is 0 Å². The molecule has 0 saturated carbocycles. The highest BCUT2D eigenvalue weighted by Gasteiger charge is 2.14. The van der Waals surface area contributed by atoms with Crippen molar-refractivity contribution < 1.29 is 9.84 Å². The number of aliphatic hydroxyl groups is 1. The van der Waals surface area contributed by atoms with Crippen LogP contribution in [-0.2, 0) is 6.42 Å². The van der Waals surface area contributed by atoms with Crippen LogP contribution in [0.1, 0.15) is 17.2 Å². The van der Waals surface area contributed by atoms with Crippen molar-refractivity contribution >= 4 is 12.4 Å². The monoisotopic (exact) mass is 215 g/mol. The molecule has 1 aromatic rings. The van der Waals surface area contributed by atoms with Crippen molar-refractivity contribution in [2.24, 2.45) is 5.73 Å². The number of hydrogen-bond acceptors (Lipinski definition) is 3. The summed E-state index contributed by atoms with van der Waals surface area (Å²) in [6, 6.07) is 5.73. The normalized spacial score (nSPS) is 15.3. The van der Waals surface area contributed by atoms with Crippen LogP contribution in [0.2, 0.25) is 0 Å². The SMILES string of the molecule is Cl.NCC(O)c1ccc2c(c1)CCO2. The number of hydrogen-bond donors (Lipinski definition) is 2. The Morgan fingerprint density at radius 3 is 3.00 bits per heavy atom. The summed E-state index contributed by atoms with van der Waals surface area (Å²) in [4.78, 5) is 0. The number of fused-ring (bicyclic) bond motifs is 1. The average Bonchev–Trinajstić information content (AvgIpc) is 2.63. The van der Waals surface area contributed by atoms with Gasteiger partial charge < -0.3 is 15.6 Å². The summed E-state index contributed by atoms with van der Waals surface area (Å²) in [6.45, 7) is 1.01. The van der Waals surface area contributed by atoms with Gasteiger partial charge in [0.1, 0.15) is 5.75 Å². The fraction of sp³-hybridized carbons (Fsp3) is 0.400. The maximum absolute atomic E-state index is 9.49. The molecule has 3 nitrogen and oxygen atoms in total. The second-order valence-electron chi connectivity index (χ2n) is 3.22. The Morgan fingerprint density at radius 2 is 2.29 bits per heavy atom. The van der Waals surface area contributed by atoms with E-state index in [0.717, 1.165) is 24.3 Å². The second-order valence-corrected chi connectivity index (χ2v) is 3.22. The second kappa shape index (κ2) is 4.64. The highest BCUT2D eigenvalue weighted by Crippen LogP contribution is 2.27. The van der Waals surface area contributed by atoms with Gasteiger partial charge in [0.15, 0.2) is 0 Å². The standard InChI is InChI=1S/C10H13NO2.ClH/c11-6-9(12)7-1-2-10-8(5-7)3-4-13-10;/h1-2,5,9,12H,3-4,6,11H2;1H. The third kappa shape index (κ3) is 2.00. The zero-order chi connectivity index (χ0) is 9.26. The van der Waals surface area contributed by atoms with Crippen LogP contribution >= 0.6 is 12.4 Å². The zero-order valence-corrected chi connectivity index (χ0v) is 8.59. The van der Waals surface area contributed by atoms with Gasteiger partial charge in [-0.3, -0.25) is 0 Å². The Balaban J connectivity index is 0.000000980. The number of rotatable bonds is 2. The lowest BCUT2D eigenvalue weighted by Gasteiger charge is -2.08. The first kappa shape index (κ1) is 11.3. The largest absolute Gasteiger partial charge is 0.493 e. The third-order valence-electron chi connectivity index (χ3n) is 2.32. The molecule has 14 heavy (non-hydrogen) atoms. The van der Waals surface area contributed by atoms with Crippen molar-refractivity contribution in [2.75, 3.05) is 13.2 Å². The minimum absolute atomic E-state index is 0. The minimum atomic E-state index is -0.550. The lowest BCUT2D eigenvalue weighted by atomic mass is 10.0. The quantitative estimate of drug-likeness (QED) is 0.775. The van der Waals surface area contributed by atoms with E-state index in [1.54, 1.807) is 0 Å². The van der Waals surface area contributed by atoms with Crippen LogP contribution in [-0.4, -0.2) is 18.3 Å². The van der Waals surface area contributed by atoms with E-state index >= 15 is 0 Å². The third-order valence-corrected chi connectivity index (χ3v) is 2.32. The van der Waals surface area contributed by atoms with Gasteiger partial charge in [-0.15, -0.1) is 12.4 Å². The zero-order valence-electron chi connectivity index (χ0n) is 7.77. The van der Waals surface area contributed by atoms with E-state index in [4.69, 9.17) is 10.5 Å². The Hall–Kier alpha value is -0.770. The summed E-state index contributed by atoms with van der Waals surface area (Å²) in [5, 5.41) is 9.49. The van der Waals surface area contributed by atoms with Crippen LogP contribution in [0.25, 0.3) is 0 Å². The van der Waals surface area contributed by atoms with E-state index in [1.807, 2.05) is 18.2 Å². The van der Waals surface area contributed by atoms with Gasteiger partial charge in [-0.2, -0.15) is 0 Å². The Bertz CT molecular complexity index is 317. The highest BCUT2D eigenvalue weighted by molar-refractivity contribution is 5.85. The lowest BCUT2D eigenvalue weighted by Crippen LogP contribution is -2.11. The Morgan fingerprint density at radius 1 is 1.50 bits per heavy atom. The van der Waals surface area contributed by atoms with E-state index in [-0.39, 0.29) is 19.0 Å². The summed E-state index contributed by atoms with van der Waals surface area (Å²) in [5.74, 6) is 0.938. The molecule has 3 N–H and O–H groups in total. The first-order chi connectivity index (χ1) is 6.31. The van der Waals surface area contributed by atoms with E-state index < -0.39 is 6.10 Å². The van der Waals surface area contributed by atoms with Crippen LogP contribution in [0.5, 0.6) is 5.75 Å². The molecule has 0 bridgehead atoms. The van der Waals surface area contributed by atoms with E-state index in [0.29, 0.717) is 0 Å². The maximum Gasteiger partial charge on any atom is 0.122 e. The molecule has 1 atom stereocenters. The van der Waals surface area contributed by atoms with Crippen molar-refractivity contribution in [2.45, 2.75) is 12.5 Å².